The molecule has 0 heterocycles. The predicted molar refractivity (Wildman–Crippen MR) is 107 cm³/mol. The van der Waals surface area contributed by atoms with Crippen LogP contribution in [-0.4, -0.2) is 27.1 Å². The van der Waals surface area contributed by atoms with E-state index in [1.54, 1.807) is 6.07 Å². The molecular formula is C20H26N2O3S. The van der Waals surface area contributed by atoms with E-state index >= 15 is 0 Å². The maximum absolute atomic E-state index is 12.3. The summed E-state index contributed by atoms with van der Waals surface area (Å²) in [6.45, 7) is 7.86. The molecular weight excluding hydrogens is 348 g/mol. The Hall–Kier alpha value is -2.34. The number of hydrogen-bond acceptors (Lipinski definition) is 3. The Kier molecular flexibility index (Phi) is 6.08. The third-order valence-electron chi connectivity index (χ3n) is 4.07. The van der Waals surface area contributed by atoms with Crippen molar-refractivity contribution < 1.29 is 13.2 Å². The smallest absolute Gasteiger partial charge is 0.232 e. The molecule has 0 aliphatic rings. The lowest BCUT2D eigenvalue weighted by atomic mass is 10.1. The summed E-state index contributed by atoms with van der Waals surface area (Å²) >= 11 is 0. The topological polar surface area (TPSA) is 66.5 Å². The molecule has 2 aromatic carbocycles. The Morgan fingerprint density at radius 1 is 0.962 bits per heavy atom. The maximum atomic E-state index is 12.3. The van der Waals surface area contributed by atoms with Crippen molar-refractivity contribution in [3.63, 3.8) is 0 Å². The van der Waals surface area contributed by atoms with Crippen LogP contribution in [0.2, 0.25) is 0 Å². The van der Waals surface area contributed by atoms with Crippen LogP contribution in [0.4, 0.5) is 11.4 Å². The largest absolute Gasteiger partial charge is 0.326 e. The van der Waals surface area contributed by atoms with Gasteiger partial charge in [0.1, 0.15) is 0 Å². The van der Waals surface area contributed by atoms with Crippen molar-refractivity contribution >= 4 is 27.3 Å². The first-order valence-electron chi connectivity index (χ1n) is 8.49. The Bertz CT molecular complexity index is 900. The van der Waals surface area contributed by atoms with Gasteiger partial charge < -0.3 is 5.32 Å². The molecule has 1 N–H and O–H groups in total. The van der Waals surface area contributed by atoms with Crippen molar-refractivity contribution in [2.75, 3.05) is 22.4 Å². The molecule has 0 saturated carbocycles. The minimum Gasteiger partial charge on any atom is -0.326 e. The molecule has 0 aliphatic heterocycles. The molecule has 0 saturated heterocycles. The average molecular weight is 375 g/mol. The van der Waals surface area contributed by atoms with Crippen molar-refractivity contribution in [3.8, 4) is 0 Å². The summed E-state index contributed by atoms with van der Waals surface area (Å²) in [6.07, 6.45) is 1.24. The van der Waals surface area contributed by atoms with Crippen LogP contribution in [0.15, 0.2) is 36.4 Å². The quantitative estimate of drug-likeness (QED) is 0.838. The number of nitrogens with zero attached hydrogens (tertiary/aromatic N) is 1. The third-order valence-corrected chi connectivity index (χ3v) is 5.25. The molecule has 5 nitrogen and oxygen atoms in total. The summed E-state index contributed by atoms with van der Waals surface area (Å²) in [5.41, 5.74) is 5.39. The van der Waals surface area contributed by atoms with Crippen molar-refractivity contribution in [2.24, 2.45) is 0 Å². The highest BCUT2D eigenvalue weighted by atomic mass is 32.2. The number of amides is 1. The van der Waals surface area contributed by atoms with E-state index < -0.39 is 10.0 Å². The standard InChI is InChI=1S/C20H26N2O3S/c1-14-6-7-19(17(4)11-14)22(26(5,24)25)9-8-20(23)21-18-12-15(2)10-16(3)13-18/h6-7,10-13H,8-9H2,1-5H3,(H,21,23). The fourth-order valence-corrected chi connectivity index (χ4v) is 4.01. The minimum atomic E-state index is -3.48. The number of hydrogen-bond donors (Lipinski definition) is 1. The van der Waals surface area contributed by atoms with Crippen LogP contribution in [-0.2, 0) is 14.8 Å². The molecule has 0 aromatic heterocycles. The fourth-order valence-electron chi connectivity index (χ4n) is 3.02. The summed E-state index contributed by atoms with van der Waals surface area (Å²) in [5, 5.41) is 2.85. The van der Waals surface area contributed by atoms with Gasteiger partial charge in [-0.15, -0.1) is 0 Å². The second-order valence-electron chi connectivity index (χ2n) is 6.80. The maximum Gasteiger partial charge on any atom is 0.232 e. The first kappa shape index (κ1) is 20.0. The van der Waals surface area contributed by atoms with Gasteiger partial charge in [-0.05, 0) is 62.6 Å². The summed E-state index contributed by atoms with van der Waals surface area (Å²) < 4.78 is 25.7. The van der Waals surface area contributed by atoms with Gasteiger partial charge in [0, 0.05) is 18.7 Å². The Balaban J connectivity index is 2.13. The van der Waals surface area contributed by atoms with Crippen LogP contribution in [0, 0.1) is 27.7 Å². The molecule has 2 aromatic rings. The van der Waals surface area contributed by atoms with Crippen LogP contribution in [0.3, 0.4) is 0 Å². The van der Waals surface area contributed by atoms with E-state index in [0.717, 1.165) is 34.2 Å². The molecule has 6 heteroatoms. The highest BCUT2D eigenvalue weighted by Crippen LogP contribution is 2.24. The van der Waals surface area contributed by atoms with Gasteiger partial charge in [0.15, 0.2) is 0 Å². The summed E-state index contributed by atoms with van der Waals surface area (Å²) in [5.74, 6) is -0.214. The van der Waals surface area contributed by atoms with Gasteiger partial charge in [0.05, 0.1) is 11.9 Å². The van der Waals surface area contributed by atoms with Gasteiger partial charge >= 0.3 is 0 Å². The SMILES string of the molecule is Cc1cc(C)cc(NC(=O)CCN(c2ccc(C)cc2C)S(C)(=O)=O)c1. The van der Waals surface area contributed by atoms with Crippen LogP contribution >= 0.6 is 0 Å². The fraction of sp³-hybridized carbons (Fsp3) is 0.350. The highest BCUT2D eigenvalue weighted by Gasteiger charge is 2.20. The zero-order valence-corrected chi connectivity index (χ0v) is 16.8. The van der Waals surface area contributed by atoms with Crippen LogP contribution in [0.1, 0.15) is 28.7 Å². The molecule has 26 heavy (non-hydrogen) atoms. The number of rotatable bonds is 6. The third kappa shape index (κ3) is 5.33. The second-order valence-corrected chi connectivity index (χ2v) is 8.71. The predicted octanol–water partition coefficient (Wildman–Crippen LogP) is 3.72. The Morgan fingerprint density at radius 3 is 2.12 bits per heavy atom. The number of anilines is 2. The summed E-state index contributed by atoms with van der Waals surface area (Å²) in [4.78, 5) is 12.3. The lowest BCUT2D eigenvalue weighted by Gasteiger charge is -2.24. The van der Waals surface area contributed by atoms with E-state index in [0.29, 0.717) is 5.69 Å². The van der Waals surface area contributed by atoms with E-state index in [1.807, 2.05) is 58.0 Å². The van der Waals surface area contributed by atoms with E-state index in [-0.39, 0.29) is 18.9 Å². The molecule has 140 valence electrons. The second kappa shape index (κ2) is 7.91. The van der Waals surface area contributed by atoms with E-state index in [1.165, 1.54) is 4.31 Å². The van der Waals surface area contributed by atoms with Crippen molar-refractivity contribution in [1.82, 2.24) is 0 Å². The molecule has 0 bridgehead atoms. The van der Waals surface area contributed by atoms with Gasteiger partial charge in [0.25, 0.3) is 0 Å². The van der Waals surface area contributed by atoms with Crippen LogP contribution < -0.4 is 9.62 Å². The van der Waals surface area contributed by atoms with Crippen LogP contribution in [0.5, 0.6) is 0 Å². The lowest BCUT2D eigenvalue weighted by Crippen LogP contribution is -2.33. The molecule has 0 unspecified atom stereocenters. The Morgan fingerprint density at radius 2 is 1.58 bits per heavy atom. The van der Waals surface area contributed by atoms with Crippen LogP contribution in [0.25, 0.3) is 0 Å². The molecule has 0 atom stereocenters. The number of sulfonamides is 1. The zero-order valence-electron chi connectivity index (χ0n) is 16.0. The normalized spacial score (nSPS) is 11.3. The lowest BCUT2D eigenvalue weighted by molar-refractivity contribution is -0.116. The summed E-state index contributed by atoms with van der Waals surface area (Å²) in [7, 11) is -3.48. The first-order valence-corrected chi connectivity index (χ1v) is 10.3. The molecule has 0 radical (unpaired) electrons. The molecule has 0 fully saturated rings. The monoisotopic (exact) mass is 374 g/mol. The first-order chi connectivity index (χ1) is 12.1. The highest BCUT2D eigenvalue weighted by molar-refractivity contribution is 7.92. The number of carbonyl (C=O) groups excluding carboxylic acids is 1. The van der Waals surface area contributed by atoms with Crippen molar-refractivity contribution in [2.45, 2.75) is 34.1 Å². The molecule has 0 spiro atoms. The number of benzene rings is 2. The Labute approximate surface area is 156 Å². The van der Waals surface area contributed by atoms with Crippen molar-refractivity contribution in [3.05, 3.63) is 58.7 Å². The van der Waals surface area contributed by atoms with Gasteiger partial charge in [-0.2, -0.15) is 0 Å². The summed E-state index contributed by atoms with van der Waals surface area (Å²) in [6, 6.07) is 11.4. The number of carbonyl (C=O) groups is 1. The number of aryl methyl sites for hydroxylation is 4. The van der Waals surface area contributed by atoms with E-state index in [4.69, 9.17) is 0 Å². The van der Waals surface area contributed by atoms with Gasteiger partial charge in [-0.1, -0.05) is 23.8 Å². The zero-order chi connectivity index (χ0) is 19.5. The molecule has 2 rings (SSSR count). The van der Waals surface area contributed by atoms with Gasteiger partial charge in [-0.3, -0.25) is 9.10 Å². The number of nitrogens with one attached hydrogen (secondary N) is 1. The van der Waals surface area contributed by atoms with Gasteiger partial charge in [-0.25, -0.2) is 8.42 Å². The van der Waals surface area contributed by atoms with E-state index in [9.17, 15) is 13.2 Å². The van der Waals surface area contributed by atoms with Gasteiger partial charge in [0.2, 0.25) is 15.9 Å². The molecule has 0 aliphatic carbocycles. The average Bonchev–Trinajstić information content (AvgIpc) is 2.46. The van der Waals surface area contributed by atoms with E-state index in [2.05, 4.69) is 5.32 Å². The van der Waals surface area contributed by atoms with Crippen molar-refractivity contribution in [1.29, 1.82) is 0 Å². The molecule has 1 amide bonds. The minimum absolute atomic E-state index is 0.0768.